The Bertz CT molecular complexity index is 405. The number of benzene rings is 1. The van der Waals surface area contributed by atoms with Crippen LogP contribution in [-0.2, 0) is 6.54 Å². The maximum atomic E-state index is 6.05. The number of aryl methyl sites for hydroxylation is 1. The van der Waals surface area contributed by atoms with Crippen molar-refractivity contribution in [1.82, 2.24) is 4.90 Å². The van der Waals surface area contributed by atoms with Crippen LogP contribution in [0.25, 0.3) is 0 Å². The van der Waals surface area contributed by atoms with E-state index in [4.69, 9.17) is 10.5 Å². The predicted molar refractivity (Wildman–Crippen MR) is 74.8 cm³/mol. The number of likely N-dealkylation sites (tertiary alicyclic amines) is 1. The lowest BCUT2D eigenvalue weighted by Crippen LogP contribution is -2.45. The van der Waals surface area contributed by atoms with Crippen LogP contribution < -0.4 is 10.5 Å². The molecule has 1 aliphatic heterocycles. The Hall–Kier alpha value is -1.06. The van der Waals surface area contributed by atoms with Crippen molar-refractivity contribution < 1.29 is 4.74 Å². The lowest BCUT2D eigenvalue weighted by Gasteiger charge is -2.35. The molecule has 0 radical (unpaired) electrons. The van der Waals surface area contributed by atoms with Crippen LogP contribution in [0.2, 0.25) is 0 Å². The van der Waals surface area contributed by atoms with E-state index in [0.29, 0.717) is 12.0 Å². The summed E-state index contributed by atoms with van der Waals surface area (Å²) >= 11 is 0. The third-order valence-electron chi connectivity index (χ3n) is 3.92. The van der Waals surface area contributed by atoms with Gasteiger partial charge in [0.05, 0.1) is 7.11 Å². The number of nitrogens with zero attached hydrogens (tertiary/aromatic N) is 1. The molecule has 1 aliphatic rings. The average molecular weight is 248 g/mol. The maximum Gasteiger partial charge on any atom is 0.121 e. The van der Waals surface area contributed by atoms with Crippen molar-refractivity contribution in [2.45, 2.75) is 32.9 Å². The number of rotatable bonds is 3. The summed E-state index contributed by atoms with van der Waals surface area (Å²) in [4.78, 5) is 2.50. The van der Waals surface area contributed by atoms with Crippen molar-refractivity contribution >= 4 is 0 Å². The van der Waals surface area contributed by atoms with Gasteiger partial charge in [-0.3, -0.25) is 4.90 Å². The minimum atomic E-state index is 0.374. The molecule has 2 unspecified atom stereocenters. The van der Waals surface area contributed by atoms with Gasteiger partial charge >= 0.3 is 0 Å². The topological polar surface area (TPSA) is 38.5 Å². The van der Waals surface area contributed by atoms with E-state index < -0.39 is 0 Å². The highest BCUT2D eigenvalue weighted by molar-refractivity contribution is 5.36. The van der Waals surface area contributed by atoms with E-state index in [1.54, 1.807) is 7.11 Å². The van der Waals surface area contributed by atoms with Gasteiger partial charge in [-0.2, -0.15) is 0 Å². The number of ether oxygens (including phenoxy) is 1. The van der Waals surface area contributed by atoms with E-state index >= 15 is 0 Å². The summed E-state index contributed by atoms with van der Waals surface area (Å²) in [6, 6.07) is 6.81. The molecule has 2 atom stereocenters. The van der Waals surface area contributed by atoms with Crippen molar-refractivity contribution in [2.24, 2.45) is 11.7 Å². The first-order valence-corrected chi connectivity index (χ1v) is 6.71. The van der Waals surface area contributed by atoms with Crippen LogP contribution in [0.1, 0.15) is 24.5 Å². The van der Waals surface area contributed by atoms with E-state index in [1.165, 1.54) is 11.1 Å². The van der Waals surface area contributed by atoms with Gasteiger partial charge in [-0.1, -0.05) is 19.1 Å². The standard InChI is InChI=1S/C15H24N2O/c1-11-8-13(4-5-15(11)18-3)10-17-7-6-14(16)12(2)9-17/h4-5,8,12,14H,6-7,9-10,16H2,1-3H3. The van der Waals surface area contributed by atoms with E-state index in [2.05, 4.69) is 36.9 Å². The second kappa shape index (κ2) is 5.72. The summed E-state index contributed by atoms with van der Waals surface area (Å²) in [5, 5.41) is 0. The summed E-state index contributed by atoms with van der Waals surface area (Å²) in [6.07, 6.45) is 1.11. The number of hydrogen-bond acceptors (Lipinski definition) is 3. The number of hydrogen-bond donors (Lipinski definition) is 1. The Labute approximate surface area is 110 Å². The molecule has 0 aliphatic carbocycles. The zero-order valence-electron chi connectivity index (χ0n) is 11.6. The first kappa shape index (κ1) is 13.4. The Kier molecular flexibility index (Phi) is 4.25. The summed E-state index contributed by atoms with van der Waals surface area (Å²) in [6.45, 7) is 7.57. The normalized spacial score (nSPS) is 25.1. The van der Waals surface area contributed by atoms with Gasteiger partial charge in [-0.15, -0.1) is 0 Å². The van der Waals surface area contributed by atoms with Crippen molar-refractivity contribution in [1.29, 1.82) is 0 Å². The Morgan fingerprint density at radius 3 is 2.83 bits per heavy atom. The van der Waals surface area contributed by atoms with Crippen LogP contribution in [0.5, 0.6) is 5.75 Å². The molecule has 0 spiro atoms. The van der Waals surface area contributed by atoms with Crippen molar-refractivity contribution in [3.8, 4) is 5.75 Å². The number of piperidine rings is 1. The Morgan fingerprint density at radius 2 is 2.22 bits per heavy atom. The molecular weight excluding hydrogens is 224 g/mol. The summed E-state index contributed by atoms with van der Waals surface area (Å²) in [5.74, 6) is 1.56. The van der Waals surface area contributed by atoms with Gasteiger partial charge in [0.1, 0.15) is 5.75 Å². The van der Waals surface area contributed by atoms with E-state index in [9.17, 15) is 0 Å². The van der Waals surface area contributed by atoms with Crippen molar-refractivity contribution in [2.75, 3.05) is 20.2 Å². The molecule has 2 rings (SSSR count). The number of methoxy groups -OCH3 is 1. The van der Waals surface area contributed by atoms with E-state index in [0.717, 1.165) is 31.8 Å². The zero-order valence-corrected chi connectivity index (χ0v) is 11.6. The lowest BCUT2D eigenvalue weighted by molar-refractivity contribution is 0.158. The van der Waals surface area contributed by atoms with Crippen LogP contribution in [0, 0.1) is 12.8 Å². The molecule has 0 saturated carbocycles. The average Bonchev–Trinajstić information content (AvgIpc) is 2.34. The summed E-state index contributed by atoms with van der Waals surface area (Å²) in [7, 11) is 1.72. The van der Waals surface area contributed by atoms with Gasteiger partial charge in [0.15, 0.2) is 0 Å². The molecule has 1 fully saturated rings. The molecule has 1 aromatic rings. The number of nitrogens with two attached hydrogens (primary N) is 1. The molecule has 0 aromatic heterocycles. The highest BCUT2D eigenvalue weighted by Gasteiger charge is 2.22. The SMILES string of the molecule is COc1ccc(CN2CCC(N)C(C)C2)cc1C. The molecule has 1 aromatic carbocycles. The van der Waals surface area contributed by atoms with Gasteiger partial charge in [-0.05, 0) is 43.0 Å². The second-order valence-corrected chi connectivity index (χ2v) is 5.47. The first-order valence-electron chi connectivity index (χ1n) is 6.71. The molecule has 3 nitrogen and oxygen atoms in total. The molecule has 1 saturated heterocycles. The molecule has 0 amide bonds. The van der Waals surface area contributed by atoms with E-state index in [1.807, 2.05) is 0 Å². The third kappa shape index (κ3) is 3.03. The predicted octanol–water partition coefficient (Wildman–Crippen LogP) is 2.17. The molecule has 100 valence electrons. The molecule has 0 bridgehead atoms. The smallest absolute Gasteiger partial charge is 0.121 e. The van der Waals surface area contributed by atoms with Crippen LogP contribution in [0.3, 0.4) is 0 Å². The van der Waals surface area contributed by atoms with Gasteiger partial charge in [0.2, 0.25) is 0 Å². The van der Waals surface area contributed by atoms with Crippen LogP contribution in [0.4, 0.5) is 0 Å². The van der Waals surface area contributed by atoms with Gasteiger partial charge in [0.25, 0.3) is 0 Å². The van der Waals surface area contributed by atoms with Crippen molar-refractivity contribution in [3.63, 3.8) is 0 Å². The Morgan fingerprint density at radius 1 is 1.44 bits per heavy atom. The van der Waals surface area contributed by atoms with Gasteiger partial charge in [-0.25, -0.2) is 0 Å². The van der Waals surface area contributed by atoms with Crippen LogP contribution in [0.15, 0.2) is 18.2 Å². The van der Waals surface area contributed by atoms with Crippen LogP contribution >= 0.6 is 0 Å². The largest absolute Gasteiger partial charge is 0.496 e. The van der Waals surface area contributed by atoms with Crippen molar-refractivity contribution in [3.05, 3.63) is 29.3 Å². The highest BCUT2D eigenvalue weighted by atomic mass is 16.5. The van der Waals surface area contributed by atoms with E-state index in [-0.39, 0.29) is 0 Å². The second-order valence-electron chi connectivity index (χ2n) is 5.47. The minimum absolute atomic E-state index is 0.374. The fourth-order valence-corrected chi connectivity index (χ4v) is 2.69. The molecular formula is C15H24N2O. The van der Waals surface area contributed by atoms with Gasteiger partial charge in [0, 0.05) is 19.1 Å². The fourth-order valence-electron chi connectivity index (χ4n) is 2.69. The quantitative estimate of drug-likeness (QED) is 0.891. The monoisotopic (exact) mass is 248 g/mol. The minimum Gasteiger partial charge on any atom is -0.496 e. The maximum absolute atomic E-state index is 6.05. The highest BCUT2D eigenvalue weighted by Crippen LogP contribution is 2.21. The molecule has 1 heterocycles. The summed E-state index contributed by atoms with van der Waals surface area (Å²) in [5.41, 5.74) is 8.62. The van der Waals surface area contributed by atoms with Gasteiger partial charge < -0.3 is 10.5 Å². The molecule has 18 heavy (non-hydrogen) atoms. The Balaban J connectivity index is 1.99. The lowest BCUT2D eigenvalue weighted by atomic mass is 9.94. The molecule has 2 N–H and O–H groups in total. The zero-order chi connectivity index (χ0) is 13.1. The molecule has 3 heteroatoms. The first-order chi connectivity index (χ1) is 8.60. The fraction of sp³-hybridized carbons (Fsp3) is 0.600. The summed E-state index contributed by atoms with van der Waals surface area (Å²) < 4.78 is 5.29. The third-order valence-corrected chi connectivity index (χ3v) is 3.92. The van der Waals surface area contributed by atoms with Crippen LogP contribution in [-0.4, -0.2) is 31.1 Å².